The zero-order chi connectivity index (χ0) is 19.6. The van der Waals surface area contributed by atoms with E-state index in [1.54, 1.807) is 19.1 Å². The third-order valence-corrected chi connectivity index (χ3v) is 6.03. The third-order valence-electron chi connectivity index (χ3n) is 6.03. The first-order valence-corrected chi connectivity index (χ1v) is 9.50. The number of ether oxygens (including phenoxy) is 1. The van der Waals surface area contributed by atoms with Gasteiger partial charge < -0.3 is 14.7 Å². The van der Waals surface area contributed by atoms with Crippen LogP contribution < -0.4 is 4.74 Å². The van der Waals surface area contributed by atoms with Crippen molar-refractivity contribution in [2.75, 3.05) is 40.4 Å². The maximum absolute atomic E-state index is 12.9. The number of imide groups is 1. The molecular formula is C20H29N3O4. The maximum Gasteiger partial charge on any atom is 0.327 e. The van der Waals surface area contributed by atoms with Gasteiger partial charge in [0.1, 0.15) is 11.3 Å². The molecule has 0 saturated carbocycles. The van der Waals surface area contributed by atoms with Crippen molar-refractivity contribution >= 4 is 11.9 Å². The Morgan fingerprint density at radius 1 is 1.19 bits per heavy atom. The summed E-state index contributed by atoms with van der Waals surface area (Å²) < 4.78 is 5.18. The predicted octanol–water partition coefficient (Wildman–Crippen LogP) is 1.35. The molecule has 148 valence electrons. The maximum atomic E-state index is 12.9. The number of likely N-dealkylation sites (N-methyl/N-ethyl adjacent to an activating group) is 1. The molecule has 1 N–H and O–H groups in total. The largest absolute Gasteiger partial charge is 0.497 e. The first kappa shape index (κ1) is 19.6. The third kappa shape index (κ3) is 3.53. The molecule has 0 aromatic heterocycles. The SMILES string of the molecule is COc1ccc(CCN2C(=O)N(C)C(=O)C23CCN([C@@H](C)CO)CC3)cc1. The predicted molar refractivity (Wildman–Crippen MR) is 102 cm³/mol. The fraction of sp³-hybridized carbons (Fsp3) is 0.600. The van der Waals surface area contributed by atoms with Gasteiger partial charge in [0.2, 0.25) is 0 Å². The molecule has 27 heavy (non-hydrogen) atoms. The molecule has 2 aliphatic rings. The van der Waals surface area contributed by atoms with E-state index in [1.165, 1.54) is 4.90 Å². The number of rotatable bonds is 6. The van der Waals surface area contributed by atoms with E-state index in [0.717, 1.165) is 11.3 Å². The number of piperidine rings is 1. The minimum Gasteiger partial charge on any atom is -0.497 e. The molecule has 3 rings (SSSR count). The molecule has 0 bridgehead atoms. The van der Waals surface area contributed by atoms with Crippen molar-refractivity contribution in [3.63, 3.8) is 0 Å². The van der Waals surface area contributed by atoms with Crippen LogP contribution >= 0.6 is 0 Å². The molecule has 0 unspecified atom stereocenters. The zero-order valence-electron chi connectivity index (χ0n) is 16.4. The second-order valence-electron chi connectivity index (χ2n) is 7.50. The van der Waals surface area contributed by atoms with Gasteiger partial charge in [-0.1, -0.05) is 12.1 Å². The van der Waals surface area contributed by atoms with E-state index in [1.807, 2.05) is 31.2 Å². The Kier molecular flexibility index (Phi) is 5.72. The lowest BCUT2D eigenvalue weighted by Crippen LogP contribution is -2.58. The molecule has 3 amide bonds. The summed E-state index contributed by atoms with van der Waals surface area (Å²) in [6.07, 6.45) is 1.90. The molecule has 7 nitrogen and oxygen atoms in total. The van der Waals surface area contributed by atoms with E-state index in [9.17, 15) is 14.7 Å². The molecule has 2 fully saturated rings. The van der Waals surface area contributed by atoms with Gasteiger partial charge in [-0.25, -0.2) is 4.79 Å². The van der Waals surface area contributed by atoms with E-state index >= 15 is 0 Å². The molecule has 2 aliphatic heterocycles. The van der Waals surface area contributed by atoms with Gasteiger partial charge in [-0.15, -0.1) is 0 Å². The van der Waals surface area contributed by atoms with Gasteiger partial charge in [-0.05, 0) is 43.9 Å². The summed E-state index contributed by atoms with van der Waals surface area (Å²) in [6.45, 7) is 3.99. The van der Waals surface area contributed by atoms with Crippen LogP contribution in [-0.4, -0.2) is 83.7 Å². The number of amides is 3. The highest BCUT2D eigenvalue weighted by Crippen LogP contribution is 2.37. The molecule has 2 heterocycles. The van der Waals surface area contributed by atoms with Crippen LogP contribution in [0.15, 0.2) is 24.3 Å². The first-order chi connectivity index (χ1) is 12.9. The number of aliphatic hydroxyl groups excluding tert-OH is 1. The summed E-state index contributed by atoms with van der Waals surface area (Å²) in [4.78, 5) is 30.9. The lowest BCUT2D eigenvalue weighted by molar-refractivity contribution is -0.135. The summed E-state index contributed by atoms with van der Waals surface area (Å²) in [6, 6.07) is 7.65. The molecular weight excluding hydrogens is 346 g/mol. The van der Waals surface area contributed by atoms with E-state index in [-0.39, 0.29) is 24.6 Å². The molecule has 1 atom stereocenters. The van der Waals surface area contributed by atoms with Crippen LogP contribution in [0.5, 0.6) is 5.75 Å². The number of urea groups is 1. The van der Waals surface area contributed by atoms with Gasteiger partial charge in [0.25, 0.3) is 5.91 Å². The Hall–Kier alpha value is -2.12. The van der Waals surface area contributed by atoms with Crippen LogP contribution in [0.2, 0.25) is 0 Å². The molecule has 1 spiro atoms. The van der Waals surface area contributed by atoms with E-state index < -0.39 is 5.54 Å². The monoisotopic (exact) mass is 375 g/mol. The Labute approximate surface area is 160 Å². The number of hydrogen-bond acceptors (Lipinski definition) is 5. The van der Waals surface area contributed by atoms with Crippen LogP contribution in [0.3, 0.4) is 0 Å². The fourth-order valence-electron chi connectivity index (χ4n) is 4.16. The quantitative estimate of drug-likeness (QED) is 0.760. The van der Waals surface area contributed by atoms with Gasteiger partial charge in [0, 0.05) is 32.7 Å². The normalized spacial score (nSPS) is 21.2. The average Bonchev–Trinajstić information content (AvgIpc) is 2.88. The van der Waals surface area contributed by atoms with Crippen molar-refractivity contribution in [3.05, 3.63) is 29.8 Å². The van der Waals surface area contributed by atoms with Gasteiger partial charge in [0.15, 0.2) is 0 Å². The molecule has 7 heteroatoms. The highest BCUT2D eigenvalue weighted by atomic mass is 16.5. The van der Waals surface area contributed by atoms with Crippen molar-refractivity contribution in [2.45, 2.75) is 37.8 Å². The Morgan fingerprint density at radius 2 is 1.81 bits per heavy atom. The number of likely N-dealkylation sites (tertiary alicyclic amines) is 1. The van der Waals surface area contributed by atoms with Crippen molar-refractivity contribution in [2.24, 2.45) is 0 Å². The number of aliphatic hydroxyl groups is 1. The second kappa shape index (κ2) is 7.86. The number of hydrogen-bond donors (Lipinski definition) is 1. The summed E-state index contributed by atoms with van der Waals surface area (Å²) in [7, 11) is 3.20. The van der Waals surface area contributed by atoms with E-state index in [0.29, 0.717) is 38.9 Å². The zero-order valence-corrected chi connectivity index (χ0v) is 16.4. The number of carbonyl (C=O) groups excluding carboxylic acids is 2. The Bertz CT molecular complexity index is 683. The fourth-order valence-corrected chi connectivity index (χ4v) is 4.16. The van der Waals surface area contributed by atoms with Crippen LogP contribution in [0.25, 0.3) is 0 Å². The summed E-state index contributed by atoms with van der Waals surface area (Å²) >= 11 is 0. The molecule has 1 aromatic carbocycles. The average molecular weight is 375 g/mol. The number of carbonyl (C=O) groups is 2. The van der Waals surface area contributed by atoms with Crippen molar-refractivity contribution in [3.8, 4) is 5.75 Å². The summed E-state index contributed by atoms with van der Waals surface area (Å²) in [5.74, 6) is 0.700. The van der Waals surface area contributed by atoms with Gasteiger partial charge in [-0.2, -0.15) is 0 Å². The molecule has 0 radical (unpaired) electrons. The van der Waals surface area contributed by atoms with Crippen molar-refractivity contribution in [1.82, 2.24) is 14.7 Å². The summed E-state index contributed by atoms with van der Waals surface area (Å²) in [5, 5.41) is 9.39. The van der Waals surface area contributed by atoms with Crippen LogP contribution in [0, 0.1) is 0 Å². The van der Waals surface area contributed by atoms with E-state index in [4.69, 9.17) is 4.74 Å². The molecule has 0 aliphatic carbocycles. The van der Waals surface area contributed by atoms with E-state index in [2.05, 4.69) is 4.90 Å². The number of nitrogens with zero attached hydrogens (tertiary/aromatic N) is 3. The molecule has 1 aromatic rings. The van der Waals surface area contributed by atoms with Gasteiger partial charge >= 0.3 is 6.03 Å². The Morgan fingerprint density at radius 3 is 2.37 bits per heavy atom. The smallest absolute Gasteiger partial charge is 0.327 e. The van der Waals surface area contributed by atoms with Gasteiger partial charge in [-0.3, -0.25) is 14.6 Å². The lowest BCUT2D eigenvalue weighted by atomic mass is 9.85. The standard InChI is InChI=1S/C20H29N3O4/c1-15(14-24)22-12-9-20(10-13-22)18(25)21(2)19(26)23(20)11-8-16-4-6-17(27-3)7-5-16/h4-7,15,24H,8-14H2,1-3H3/t15-/m0/s1. The van der Waals surface area contributed by atoms with Crippen LogP contribution in [0.1, 0.15) is 25.3 Å². The van der Waals surface area contributed by atoms with Crippen molar-refractivity contribution < 1.29 is 19.4 Å². The van der Waals surface area contributed by atoms with Crippen LogP contribution in [-0.2, 0) is 11.2 Å². The van der Waals surface area contributed by atoms with Crippen molar-refractivity contribution in [1.29, 1.82) is 0 Å². The molecule has 2 saturated heterocycles. The second-order valence-corrected chi connectivity index (χ2v) is 7.50. The topological polar surface area (TPSA) is 73.3 Å². The first-order valence-electron chi connectivity index (χ1n) is 9.50. The highest BCUT2D eigenvalue weighted by Gasteiger charge is 2.56. The minimum atomic E-state index is -0.746. The summed E-state index contributed by atoms with van der Waals surface area (Å²) in [5.41, 5.74) is 0.358. The highest BCUT2D eigenvalue weighted by molar-refractivity contribution is 6.06. The van der Waals surface area contributed by atoms with Crippen LogP contribution in [0.4, 0.5) is 4.79 Å². The Balaban J connectivity index is 1.73. The number of benzene rings is 1. The lowest BCUT2D eigenvalue weighted by Gasteiger charge is -2.43. The number of methoxy groups -OCH3 is 1. The van der Waals surface area contributed by atoms with Gasteiger partial charge in [0.05, 0.1) is 13.7 Å². The minimum absolute atomic E-state index is 0.0695.